The molecule has 0 radical (unpaired) electrons. The van der Waals surface area contributed by atoms with E-state index in [1.165, 1.54) is 4.90 Å². The molecule has 25 heteroatoms. The first-order valence-electron chi connectivity index (χ1n) is 26.3. The molecule has 7 atom stereocenters. The van der Waals surface area contributed by atoms with Crippen LogP contribution in [-0.4, -0.2) is 138 Å². The van der Waals surface area contributed by atoms with E-state index in [2.05, 4.69) is 36.9 Å². The van der Waals surface area contributed by atoms with Crippen molar-refractivity contribution < 1.29 is 52.7 Å². The van der Waals surface area contributed by atoms with Gasteiger partial charge in [-0.15, -0.1) is 0 Å². The number of carbonyl (C=O) groups excluding carboxylic acids is 10. The number of rotatable bonds is 33. The zero-order valence-corrected chi connectivity index (χ0v) is 44.5. The number of aliphatic imine (C=N–C) groups is 1. The molecule has 0 spiro atoms. The van der Waals surface area contributed by atoms with Crippen LogP contribution in [0.25, 0.3) is 0 Å². The summed E-state index contributed by atoms with van der Waals surface area (Å²) in [7, 11) is 0. The van der Waals surface area contributed by atoms with E-state index in [4.69, 9.17) is 39.1 Å². The SMILES string of the molecule is CCOc1ccc(C[C@H](N)C(=O)N[C@@H](Cc2ccccc2)C(=O)N[C@@H](CCC(N)=O)C(=O)N[C@@H](CC(N)=O)C(=O)N[C@@H](CCCCN)C(=O)N2CCC[C@H]2C(=O)N[C@@H](CCCN=C(N)N)C(=O)NC(=O)Cc2ccccc2)cc1. The number of nitrogens with zero attached hydrogens (tertiary/aromatic N) is 2. The first-order chi connectivity index (χ1) is 37.8. The van der Waals surface area contributed by atoms with E-state index in [0.29, 0.717) is 42.7 Å². The van der Waals surface area contributed by atoms with Crippen LogP contribution in [0.15, 0.2) is 89.9 Å². The standard InChI is InChI=1S/C54H76N14O11/c1-2-79-36-22-20-35(21-23-36)29-37(56)47(72)65-41(30-33-13-5-3-6-14-33)50(75)62-39(24-25-44(57)69)48(73)66-42(32-45(58)70)51(76)64-40(17-9-10-26-55)53(78)68-28-12-19-43(68)52(77)63-38(18-11-27-61-54(59)60)49(74)67-46(71)31-34-15-7-4-8-16-34/h3-8,13-16,20-23,37-43H,2,9-12,17-19,24-32,55-56H2,1H3,(H2,57,69)(H2,58,70)(H,62,75)(H,63,77)(H,64,76)(H,65,72)(H,66,73)(H4,59,60,61)(H,67,71,74)/t37-,38-,39-,40-,41-,42-,43-/m0/s1. The molecule has 0 bridgehead atoms. The summed E-state index contributed by atoms with van der Waals surface area (Å²) in [4.78, 5) is 141. The van der Waals surface area contributed by atoms with Crippen molar-refractivity contribution in [3.63, 3.8) is 0 Å². The van der Waals surface area contributed by atoms with Gasteiger partial charge in [-0.2, -0.15) is 0 Å². The minimum atomic E-state index is -1.75. The summed E-state index contributed by atoms with van der Waals surface area (Å²) < 4.78 is 5.49. The maximum absolute atomic E-state index is 14.5. The predicted octanol–water partition coefficient (Wildman–Crippen LogP) is -2.18. The fourth-order valence-corrected chi connectivity index (χ4v) is 8.70. The van der Waals surface area contributed by atoms with Crippen LogP contribution < -0.4 is 71.0 Å². The lowest BCUT2D eigenvalue weighted by molar-refractivity contribution is -0.143. The molecule has 0 aromatic heterocycles. The number of unbranched alkanes of at least 4 members (excludes halogenated alkanes) is 1. The zero-order chi connectivity index (χ0) is 57.9. The monoisotopic (exact) mass is 1100 g/mol. The average Bonchev–Trinajstić information content (AvgIpc) is 3.99. The minimum Gasteiger partial charge on any atom is -0.494 e. The molecule has 428 valence electrons. The van der Waals surface area contributed by atoms with Gasteiger partial charge in [0.05, 0.1) is 25.5 Å². The maximum Gasteiger partial charge on any atom is 0.249 e. The quantitative estimate of drug-likeness (QED) is 0.0175. The van der Waals surface area contributed by atoms with Gasteiger partial charge in [0.15, 0.2) is 5.96 Å². The Morgan fingerprint density at radius 1 is 0.620 bits per heavy atom. The molecule has 1 saturated heterocycles. The second kappa shape index (κ2) is 33.0. The van der Waals surface area contributed by atoms with Gasteiger partial charge in [0.25, 0.3) is 0 Å². The van der Waals surface area contributed by atoms with Crippen LogP contribution in [0.1, 0.15) is 87.8 Å². The third-order valence-corrected chi connectivity index (χ3v) is 12.7. The number of hydrogen-bond donors (Lipinski definition) is 12. The van der Waals surface area contributed by atoms with Crippen LogP contribution in [-0.2, 0) is 67.2 Å². The van der Waals surface area contributed by atoms with Crippen molar-refractivity contribution in [1.82, 2.24) is 36.8 Å². The Bertz CT molecular complexity index is 2570. The maximum atomic E-state index is 14.5. The lowest BCUT2D eigenvalue weighted by Crippen LogP contribution is -2.60. The average molecular weight is 1100 g/mol. The number of nitrogens with one attached hydrogen (secondary N) is 6. The molecule has 10 amide bonds. The van der Waals surface area contributed by atoms with Crippen LogP contribution in [0, 0.1) is 0 Å². The fourth-order valence-electron chi connectivity index (χ4n) is 8.70. The van der Waals surface area contributed by atoms with Crippen LogP contribution in [0.4, 0.5) is 0 Å². The van der Waals surface area contributed by atoms with Crippen LogP contribution in [0.3, 0.4) is 0 Å². The molecule has 25 nitrogen and oxygen atoms in total. The smallest absolute Gasteiger partial charge is 0.249 e. The highest BCUT2D eigenvalue weighted by molar-refractivity contribution is 6.01. The molecule has 0 saturated carbocycles. The molecular formula is C54H76N14O11. The number of imide groups is 1. The predicted molar refractivity (Wildman–Crippen MR) is 292 cm³/mol. The first-order valence-corrected chi connectivity index (χ1v) is 26.3. The highest BCUT2D eigenvalue weighted by Gasteiger charge is 2.40. The third-order valence-electron chi connectivity index (χ3n) is 12.7. The first kappa shape index (κ1) is 63.1. The molecule has 0 unspecified atom stereocenters. The lowest BCUT2D eigenvalue weighted by atomic mass is 10.0. The fraction of sp³-hybridized carbons (Fsp3) is 0.463. The molecule has 1 aliphatic heterocycles. The highest BCUT2D eigenvalue weighted by Crippen LogP contribution is 2.21. The Kier molecular flexibility index (Phi) is 26.3. The number of amides is 10. The molecule has 3 aromatic carbocycles. The summed E-state index contributed by atoms with van der Waals surface area (Å²) in [6, 6.07) is 14.9. The van der Waals surface area contributed by atoms with Gasteiger partial charge in [-0.1, -0.05) is 72.8 Å². The van der Waals surface area contributed by atoms with Gasteiger partial charge < -0.3 is 70.6 Å². The normalized spacial score (nSPS) is 15.1. The summed E-state index contributed by atoms with van der Waals surface area (Å²) in [5, 5.41) is 15.3. The van der Waals surface area contributed by atoms with E-state index in [9.17, 15) is 47.9 Å². The van der Waals surface area contributed by atoms with Gasteiger partial charge in [0, 0.05) is 25.9 Å². The van der Waals surface area contributed by atoms with Gasteiger partial charge in [-0.25, -0.2) is 0 Å². The summed E-state index contributed by atoms with van der Waals surface area (Å²) in [5.41, 5.74) is 36.1. The summed E-state index contributed by atoms with van der Waals surface area (Å²) in [6.45, 7) is 2.72. The largest absolute Gasteiger partial charge is 0.494 e. The number of benzene rings is 3. The number of likely N-dealkylation sites (tertiary alicyclic amines) is 1. The molecule has 18 N–H and O–H groups in total. The molecule has 1 fully saturated rings. The van der Waals surface area contributed by atoms with E-state index < -0.39 is 114 Å². The van der Waals surface area contributed by atoms with Crippen LogP contribution in [0.2, 0.25) is 0 Å². The van der Waals surface area contributed by atoms with Gasteiger partial charge in [0.1, 0.15) is 42.0 Å². The molecule has 1 aliphatic rings. The van der Waals surface area contributed by atoms with Crippen LogP contribution >= 0.6 is 0 Å². The Morgan fingerprint density at radius 3 is 1.81 bits per heavy atom. The number of hydrogen-bond acceptors (Lipinski definition) is 14. The van der Waals surface area contributed by atoms with Crippen molar-refractivity contribution in [1.29, 1.82) is 0 Å². The number of nitrogens with two attached hydrogens (primary N) is 6. The van der Waals surface area contributed by atoms with Crippen molar-refractivity contribution in [3.8, 4) is 5.75 Å². The molecule has 0 aliphatic carbocycles. The molecule has 79 heavy (non-hydrogen) atoms. The van der Waals surface area contributed by atoms with Crippen LogP contribution in [0.5, 0.6) is 5.75 Å². The molecule has 1 heterocycles. The summed E-state index contributed by atoms with van der Waals surface area (Å²) in [6.07, 6.45) is -0.172. The number of carbonyl (C=O) groups is 10. The topological polar surface area (TPSA) is 424 Å². The van der Waals surface area contributed by atoms with E-state index >= 15 is 0 Å². The summed E-state index contributed by atoms with van der Waals surface area (Å²) >= 11 is 0. The molecule has 4 rings (SSSR count). The number of ether oxygens (including phenoxy) is 1. The third kappa shape index (κ3) is 22.2. The van der Waals surface area contributed by atoms with Gasteiger partial charge in [-0.3, -0.25) is 58.3 Å². The lowest BCUT2D eigenvalue weighted by Gasteiger charge is -2.31. The minimum absolute atomic E-state index is 0.00112. The Labute approximate surface area is 458 Å². The second-order valence-electron chi connectivity index (χ2n) is 19.1. The van der Waals surface area contributed by atoms with Crippen molar-refractivity contribution in [3.05, 3.63) is 102 Å². The van der Waals surface area contributed by atoms with Gasteiger partial charge >= 0.3 is 0 Å². The second-order valence-corrected chi connectivity index (χ2v) is 19.1. The van der Waals surface area contributed by atoms with E-state index in [1.54, 1.807) is 84.9 Å². The van der Waals surface area contributed by atoms with Crippen molar-refractivity contribution in [2.75, 3.05) is 26.2 Å². The van der Waals surface area contributed by atoms with E-state index in [1.807, 2.05) is 6.92 Å². The van der Waals surface area contributed by atoms with Crippen molar-refractivity contribution in [2.45, 2.75) is 133 Å². The zero-order valence-electron chi connectivity index (χ0n) is 44.5. The summed E-state index contributed by atoms with van der Waals surface area (Å²) in [5.74, 6) is -7.88. The Hall–Kier alpha value is -8.45. The van der Waals surface area contributed by atoms with E-state index in [-0.39, 0.29) is 77.0 Å². The van der Waals surface area contributed by atoms with Gasteiger partial charge in [-0.05, 0) is 100 Å². The molecular weight excluding hydrogens is 1020 g/mol. The van der Waals surface area contributed by atoms with Crippen molar-refractivity contribution in [2.24, 2.45) is 39.4 Å². The number of guanidine groups is 1. The van der Waals surface area contributed by atoms with Gasteiger partial charge in [0.2, 0.25) is 59.1 Å². The van der Waals surface area contributed by atoms with Crippen molar-refractivity contribution >= 4 is 65.0 Å². The van der Waals surface area contributed by atoms with E-state index in [0.717, 1.165) is 5.56 Å². The highest BCUT2D eigenvalue weighted by atomic mass is 16.5. The Morgan fingerprint density at radius 2 is 1.19 bits per heavy atom. The number of primary amides is 2. The molecule has 3 aromatic rings. The Balaban J connectivity index is 1.53.